The molecule has 5 rings (SSSR count). The third-order valence-corrected chi connectivity index (χ3v) is 5.64. The Morgan fingerprint density at radius 1 is 0.594 bits per heavy atom. The maximum Gasteiger partial charge on any atom is 0.200 e. The van der Waals surface area contributed by atoms with Gasteiger partial charge in [-0.05, 0) is 47.9 Å². The number of carbonyl (C=O) groups is 2. The van der Waals surface area contributed by atoms with Gasteiger partial charge in [-0.1, -0.05) is 54.6 Å². The summed E-state index contributed by atoms with van der Waals surface area (Å²) in [6, 6.07) is 25.4. The van der Waals surface area contributed by atoms with Gasteiger partial charge in [-0.25, -0.2) is 0 Å². The Kier molecular flexibility index (Phi) is 4.71. The van der Waals surface area contributed by atoms with Crippen molar-refractivity contribution in [1.29, 1.82) is 0 Å². The van der Waals surface area contributed by atoms with Crippen molar-refractivity contribution in [1.82, 2.24) is 0 Å². The third kappa shape index (κ3) is 3.30. The molecule has 0 unspecified atom stereocenters. The monoisotopic (exact) mass is 421 g/mol. The second-order valence-corrected chi connectivity index (χ2v) is 7.72. The topological polar surface area (TPSA) is 86.6 Å². The Bertz CT molecular complexity index is 1360. The lowest BCUT2D eigenvalue weighted by Gasteiger charge is -2.22. The number of anilines is 2. The maximum absolute atomic E-state index is 13.2. The minimum absolute atomic E-state index is 0.162. The van der Waals surface area contributed by atoms with Crippen molar-refractivity contribution in [3.05, 3.63) is 118 Å². The van der Waals surface area contributed by atoms with Crippen LogP contribution in [0.3, 0.4) is 0 Å². The van der Waals surface area contributed by atoms with Gasteiger partial charge in [0.15, 0.2) is 11.6 Å². The number of fused-ring (bicyclic) bond motifs is 2. The average Bonchev–Trinajstić information content (AvgIpc) is 2.81. The molecule has 4 aromatic carbocycles. The summed E-state index contributed by atoms with van der Waals surface area (Å²) in [6.07, 6.45) is 0.814. The third-order valence-electron chi connectivity index (χ3n) is 5.64. The van der Waals surface area contributed by atoms with Gasteiger partial charge in [-0.15, -0.1) is 0 Å². The number of benzene rings is 4. The van der Waals surface area contributed by atoms with Crippen LogP contribution in [0.2, 0.25) is 0 Å². The van der Waals surface area contributed by atoms with Gasteiger partial charge < -0.3 is 15.5 Å². The van der Waals surface area contributed by atoms with Crippen molar-refractivity contribution in [2.24, 2.45) is 0 Å². The van der Waals surface area contributed by atoms with Crippen LogP contribution in [-0.4, -0.2) is 21.8 Å². The molecule has 32 heavy (non-hydrogen) atoms. The minimum Gasteiger partial charge on any atom is -0.507 e. The molecule has 1 aliphatic rings. The summed E-state index contributed by atoms with van der Waals surface area (Å²) < 4.78 is 0. The van der Waals surface area contributed by atoms with E-state index < -0.39 is 11.6 Å². The lowest BCUT2D eigenvalue weighted by Crippen LogP contribution is -2.22. The van der Waals surface area contributed by atoms with Crippen LogP contribution in [0.1, 0.15) is 43.0 Å². The second-order valence-electron chi connectivity index (χ2n) is 7.72. The molecule has 0 aromatic heterocycles. The van der Waals surface area contributed by atoms with Crippen LogP contribution >= 0.6 is 0 Å². The number of hydrogen-bond acceptors (Lipinski definition) is 5. The molecule has 0 aliphatic heterocycles. The molecule has 0 bridgehead atoms. The quantitative estimate of drug-likeness (QED) is 0.347. The minimum atomic E-state index is -0.508. The highest BCUT2D eigenvalue weighted by Crippen LogP contribution is 2.40. The SMILES string of the molecule is O=C1c2cccc(Nc3ccc(Cc4ccccc4)cc3)c2C(=O)c2c(O)ccc(O)c21. The molecule has 5 heteroatoms. The van der Waals surface area contributed by atoms with E-state index in [0.29, 0.717) is 5.69 Å². The number of nitrogens with one attached hydrogen (secondary N) is 1. The van der Waals surface area contributed by atoms with E-state index in [4.69, 9.17) is 0 Å². The number of hydrogen-bond donors (Lipinski definition) is 3. The number of phenols is 2. The number of carbonyl (C=O) groups excluding carboxylic acids is 2. The summed E-state index contributed by atoms with van der Waals surface area (Å²) in [4.78, 5) is 26.2. The van der Waals surface area contributed by atoms with E-state index in [2.05, 4.69) is 17.4 Å². The second kappa shape index (κ2) is 7.71. The van der Waals surface area contributed by atoms with Crippen molar-refractivity contribution in [3.63, 3.8) is 0 Å². The van der Waals surface area contributed by atoms with Crippen LogP contribution in [0, 0.1) is 0 Å². The lowest BCUT2D eigenvalue weighted by atomic mass is 9.82. The Labute approximate surface area is 184 Å². The molecule has 0 amide bonds. The van der Waals surface area contributed by atoms with Crippen molar-refractivity contribution < 1.29 is 19.8 Å². The van der Waals surface area contributed by atoms with Crippen LogP contribution in [0.25, 0.3) is 0 Å². The summed E-state index contributed by atoms with van der Waals surface area (Å²) in [5, 5.41) is 23.6. The fourth-order valence-corrected chi connectivity index (χ4v) is 4.08. The summed E-state index contributed by atoms with van der Waals surface area (Å²) in [5.74, 6) is -1.66. The summed E-state index contributed by atoms with van der Waals surface area (Å²) in [5.41, 5.74) is 3.63. The van der Waals surface area contributed by atoms with E-state index in [9.17, 15) is 19.8 Å². The summed E-state index contributed by atoms with van der Waals surface area (Å²) in [6.45, 7) is 0. The molecule has 1 aliphatic carbocycles. The normalized spacial score (nSPS) is 12.2. The van der Waals surface area contributed by atoms with Crippen molar-refractivity contribution in [2.75, 3.05) is 5.32 Å². The highest BCUT2D eigenvalue weighted by atomic mass is 16.3. The molecule has 0 saturated heterocycles. The van der Waals surface area contributed by atoms with Crippen LogP contribution in [0.5, 0.6) is 11.5 Å². The van der Waals surface area contributed by atoms with Crippen molar-refractivity contribution in [3.8, 4) is 11.5 Å². The molecule has 0 radical (unpaired) electrons. The maximum atomic E-state index is 13.2. The zero-order valence-corrected chi connectivity index (χ0v) is 17.0. The first-order chi connectivity index (χ1) is 15.5. The molecule has 5 nitrogen and oxygen atoms in total. The Balaban J connectivity index is 1.47. The van der Waals surface area contributed by atoms with Crippen molar-refractivity contribution >= 4 is 22.9 Å². The van der Waals surface area contributed by atoms with Crippen LogP contribution in [0.15, 0.2) is 84.9 Å². The fraction of sp³-hybridized carbons (Fsp3) is 0.0370. The number of ketones is 2. The van der Waals surface area contributed by atoms with Gasteiger partial charge in [0.2, 0.25) is 0 Å². The van der Waals surface area contributed by atoms with E-state index in [1.807, 2.05) is 42.5 Å². The van der Waals surface area contributed by atoms with E-state index in [1.54, 1.807) is 18.2 Å². The zero-order valence-electron chi connectivity index (χ0n) is 17.0. The summed E-state index contributed by atoms with van der Waals surface area (Å²) in [7, 11) is 0. The van der Waals surface area contributed by atoms with E-state index in [0.717, 1.165) is 17.7 Å². The Morgan fingerprint density at radius 3 is 1.91 bits per heavy atom. The molecular weight excluding hydrogens is 402 g/mol. The Hall–Kier alpha value is -4.38. The zero-order chi connectivity index (χ0) is 22.2. The highest BCUT2D eigenvalue weighted by Gasteiger charge is 2.36. The molecule has 156 valence electrons. The molecule has 3 N–H and O–H groups in total. The van der Waals surface area contributed by atoms with E-state index in [-0.39, 0.29) is 33.8 Å². The van der Waals surface area contributed by atoms with Gasteiger partial charge in [-0.2, -0.15) is 0 Å². The molecule has 0 heterocycles. The fourth-order valence-electron chi connectivity index (χ4n) is 4.08. The summed E-state index contributed by atoms with van der Waals surface area (Å²) >= 11 is 0. The van der Waals surface area contributed by atoms with Crippen molar-refractivity contribution in [2.45, 2.75) is 6.42 Å². The van der Waals surface area contributed by atoms with Crippen LogP contribution < -0.4 is 5.32 Å². The van der Waals surface area contributed by atoms with Gasteiger partial charge in [0.1, 0.15) is 11.5 Å². The molecular formula is C27H19NO4. The van der Waals surface area contributed by atoms with Crippen LogP contribution in [-0.2, 0) is 6.42 Å². The van der Waals surface area contributed by atoms with Gasteiger partial charge in [0.25, 0.3) is 0 Å². The predicted molar refractivity (Wildman–Crippen MR) is 122 cm³/mol. The largest absolute Gasteiger partial charge is 0.507 e. The first-order valence-electron chi connectivity index (χ1n) is 10.2. The lowest BCUT2D eigenvalue weighted by molar-refractivity contribution is 0.0974. The van der Waals surface area contributed by atoms with E-state index in [1.165, 1.54) is 17.7 Å². The first kappa shape index (κ1) is 19.6. The first-order valence-corrected chi connectivity index (χ1v) is 10.2. The van der Waals surface area contributed by atoms with Crippen LogP contribution in [0.4, 0.5) is 11.4 Å². The standard InChI is InChI=1S/C27H19NO4/c29-21-13-14-22(30)25-24(21)26(31)19-7-4-8-20(23(19)27(25)32)28-18-11-9-17(10-12-18)15-16-5-2-1-3-6-16/h1-14,28-30H,15H2. The smallest absolute Gasteiger partial charge is 0.200 e. The van der Waals surface area contributed by atoms with E-state index >= 15 is 0 Å². The molecule has 0 spiro atoms. The van der Waals surface area contributed by atoms with Gasteiger partial charge in [0.05, 0.1) is 22.4 Å². The molecule has 0 fully saturated rings. The van der Waals surface area contributed by atoms with Gasteiger partial charge >= 0.3 is 0 Å². The highest BCUT2D eigenvalue weighted by molar-refractivity contribution is 6.32. The van der Waals surface area contributed by atoms with Gasteiger partial charge in [0, 0.05) is 11.3 Å². The number of rotatable bonds is 4. The predicted octanol–water partition coefficient (Wildman–Crippen LogP) is 5.21. The molecule has 0 atom stereocenters. The Morgan fingerprint density at radius 2 is 1.22 bits per heavy atom. The molecule has 4 aromatic rings. The number of aromatic hydroxyl groups is 2. The number of phenolic OH excluding ortho intramolecular Hbond substituents is 2. The van der Waals surface area contributed by atoms with Gasteiger partial charge in [-0.3, -0.25) is 9.59 Å². The molecule has 0 saturated carbocycles. The average molecular weight is 421 g/mol.